The smallest absolute Gasteiger partial charge is 0.252 e. The van der Waals surface area contributed by atoms with E-state index in [2.05, 4.69) is 34.4 Å². The Balaban J connectivity index is 1.52. The largest absolute Gasteiger partial charge is 0.399 e. The number of hydrogen-bond acceptors (Lipinski definition) is 8. The van der Waals surface area contributed by atoms with Crippen LogP contribution in [0, 0.1) is 0 Å². The van der Waals surface area contributed by atoms with Gasteiger partial charge in [-0.3, -0.25) is 4.79 Å². The van der Waals surface area contributed by atoms with Crippen LogP contribution in [0.4, 0.5) is 17.2 Å². The third-order valence-electron chi connectivity index (χ3n) is 7.13. The van der Waals surface area contributed by atoms with Gasteiger partial charge in [0, 0.05) is 33.3 Å². The van der Waals surface area contributed by atoms with E-state index in [9.17, 15) is 9.90 Å². The number of anilines is 3. The molecular formula is C33H34N6O2S. The number of benzene rings is 3. The Morgan fingerprint density at radius 1 is 1.00 bits per heavy atom. The number of amides is 1. The summed E-state index contributed by atoms with van der Waals surface area (Å²) in [6.45, 7) is 6.04. The van der Waals surface area contributed by atoms with Crippen LogP contribution in [0.3, 0.4) is 0 Å². The van der Waals surface area contributed by atoms with Gasteiger partial charge in [0.1, 0.15) is 12.1 Å². The molecule has 2 aromatic heterocycles. The molecule has 0 aliphatic heterocycles. The van der Waals surface area contributed by atoms with E-state index in [0.29, 0.717) is 34.8 Å². The third-order valence-corrected chi connectivity index (χ3v) is 8.21. The Morgan fingerprint density at radius 2 is 1.76 bits per heavy atom. The molecule has 9 heteroatoms. The summed E-state index contributed by atoms with van der Waals surface area (Å²) in [6.07, 6.45) is 1.86. The second-order valence-corrected chi connectivity index (χ2v) is 11.7. The van der Waals surface area contributed by atoms with Crippen molar-refractivity contribution >= 4 is 45.9 Å². The molecule has 0 radical (unpaired) electrons. The van der Waals surface area contributed by atoms with Crippen LogP contribution >= 0.6 is 11.8 Å². The molecule has 5 N–H and O–H groups in total. The number of aromatic nitrogens is 3. The summed E-state index contributed by atoms with van der Waals surface area (Å²) in [5, 5.41) is 17.2. The van der Waals surface area contributed by atoms with Gasteiger partial charge in [0.2, 0.25) is 0 Å². The predicted molar refractivity (Wildman–Crippen MR) is 169 cm³/mol. The molecule has 42 heavy (non-hydrogen) atoms. The number of hydrogen-bond donors (Lipinski definition) is 4. The number of pyridine rings is 1. The summed E-state index contributed by atoms with van der Waals surface area (Å²) in [6, 6.07) is 26.8. The van der Waals surface area contributed by atoms with E-state index in [-0.39, 0.29) is 18.4 Å². The zero-order chi connectivity index (χ0) is 29.7. The van der Waals surface area contributed by atoms with Crippen LogP contribution in [0.2, 0.25) is 0 Å². The van der Waals surface area contributed by atoms with Gasteiger partial charge in [-0.2, -0.15) is 0 Å². The summed E-state index contributed by atoms with van der Waals surface area (Å²) in [4.78, 5) is 29.2. The van der Waals surface area contributed by atoms with E-state index < -0.39 is 5.54 Å². The van der Waals surface area contributed by atoms with Crippen LogP contribution in [-0.4, -0.2) is 32.6 Å². The van der Waals surface area contributed by atoms with Gasteiger partial charge in [0.15, 0.2) is 5.65 Å². The minimum Gasteiger partial charge on any atom is -0.399 e. The van der Waals surface area contributed by atoms with Gasteiger partial charge in [-0.1, -0.05) is 55.9 Å². The molecule has 0 spiro atoms. The van der Waals surface area contributed by atoms with Crippen molar-refractivity contribution in [2.45, 2.75) is 48.4 Å². The number of rotatable bonds is 10. The van der Waals surface area contributed by atoms with E-state index in [0.717, 1.165) is 26.4 Å². The van der Waals surface area contributed by atoms with Crippen LogP contribution in [0.5, 0.6) is 0 Å². The zero-order valence-electron chi connectivity index (χ0n) is 23.8. The quantitative estimate of drug-likeness (QED) is 0.136. The van der Waals surface area contributed by atoms with E-state index >= 15 is 0 Å². The fraction of sp³-hybridized carbons (Fsp3) is 0.212. The first-order valence-corrected chi connectivity index (χ1v) is 14.6. The maximum Gasteiger partial charge on any atom is 0.252 e. The Hall–Kier alpha value is -4.47. The van der Waals surface area contributed by atoms with Crippen molar-refractivity contribution in [3.05, 3.63) is 108 Å². The molecule has 1 atom stereocenters. The third kappa shape index (κ3) is 6.53. The topological polar surface area (TPSA) is 126 Å². The molecule has 5 aromatic rings. The van der Waals surface area contributed by atoms with Crippen molar-refractivity contribution in [3.8, 4) is 0 Å². The van der Waals surface area contributed by atoms with Gasteiger partial charge < -0.3 is 21.5 Å². The Labute approximate surface area is 249 Å². The van der Waals surface area contributed by atoms with Gasteiger partial charge >= 0.3 is 0 Å². The zero-order valence-corrected chi connectivity index (χ0v) is 24.7. The highest BCUT2D eigenvalue weighted by Gasteiger charge is 2.28. The van der Waals surface area contributed by atoms with Gasteiger partial charge in [0.05, 0.1) is 16.6 Å². The summed E-state index contributed by atoms with van der Waals surface area (Å²) < 4.78 is 0. The summed E-state index contributed by atoms with van der Waals surface area (Å²) in [5.41, 5.74) is 9.49. The maximum atomic E-state index is 13.7. The van der Waals surface area contributed by atoms with Crippen molar-refractivity contribution in [2.75, 3.05) is 17.7 Å². The van der Waals surface area contributed by atoms with Gasteiger partial charge in [0.25, 0.3) is 5.91 Å². The molecule has 0 saturated carbocycles. The van der Waals surface area contributed by atoms with Crippen LogP contribution in [0.1, 0.15) is 54.7 Å². The monoisotopic (exact) mass is 578 g/mol. The fourth-order valence-electron chi connectivity index (χ4n) is 4.66. The highest BCUT2D eigenvalue weighted by Crippen LogP contribution is 2.37. The van der Waals surface area contributed by atoms with Crippen molar-refractivity contribution in [1.82, 2.24) is 20.3 Å². The molecule has 1 amide bonds. The maximum absolute atomic E-state index is 13.7. The van der Waals surface area contributed by atoms with Crippen LogP contribution < -0.4 is 16.4 Å². The second-order valence-electron chi connectivity index (χ2n) is 10.6. The van der Waals surface area contributed by atoms with E-state index in [1.165, 1.54) is 6.33 Å². The van der Waals surface area contributed by atoms with E-state index in [4.69, 9.17) is 10.7 Å². The Kier molecular flexibility index (Phi) is 8.70. The SMILES string of the molecule is CC(C)c1ccc2c(Nc3cc(C(=O)NC(C)(CCO)c4ccccc4)ccc3Sc3ccc(N)cc3)ncnc2n1. The Bertz CT molecular complexity index is 1700. The predicted octanol–water partition coefficient (Wildman–Crippen LogP) is 6.65. The molecule has 8 nitrogen and oxygen atoms in total. The van der Waals surface area contributed by atoms with Crippen molar-refractivity contribution in [2.24, 2.45) is 0 Å². The minimum absolute atomic E-state index is 0.0665. The second kappa shape index (κ2) is 12.6. The molecular weight excluding hydrogens is 544 g/mol. The summed E-state index contributed by atoms with van der Waals surface area (Å²) in [7, 11) is 0. The average Bonchev–Trinajstić information content (AvgIpc) is 2.99. The van der Waals surface area contributed by atoms with Crippen molar-refractivity contribution in [3.63, 3.8) is 0 Å². The number of nitrogens with zero attached hydrogens (tertiary/aromatic N) is 3. The normalized spacial score (nSPS) is 12.7. The van der Waals surface area contributed by atoms with Gasteiger partial charge in [-0.25, -0.2) is 15.0 Å². The molecule has 3 aromatic carbocycles. The molecule has 214 valence electrons. The lowest BCUT2D eigenvalue weighted by Crippen LogP contribution is -2.44. The van der Waals surface area contributed by atoms with Gasteiger partial charge in [-0.15, -0.1) is 0 Å². The number of aliphatic hydroxyl groups excluding tert-OH is 1. The molecule has 0 aliphatic carbocycles. The lowest BCUT2D eigenvalue weighted by molar-refractivity contribution is 0.0887. The highest BCUT2D eigenvalue weighted by molar-refractivity contribution is 7.99. The molecule has 0 saturated heterocycles. The number of nitrogens with two attached hydrogens (primary N) is 1. The van der Waals surface area contributed by atoms with Crippen LogP contribution in [0.25, 0.3) is 11.0 Å². The molecule has 0 fully saturated rings. The summed E-state index contributed by atoms with van der Waals surface area (Å²) >= 11 is 1.55. The van der Waals surface area contributed by atoms with Crippen LogP contribution in [-0.2, 0) is 5.54 Å². The molecule has 5 rings (SSSR count). The molecule has 1 unspecified atom stereocenters. The number of carbonyl (C=O) groups excluding carboxylic acids is 1. The number of nitrogen functional groups attached to an aromatic ring is 1. The Morgan fingerprint density at radius 3 is 2.48 bits per heavy atom. The first-order chi connectivity index (χ1) is 20.3. The van der Waals surface area contributed by atoms with Gasteiger partial charge in [-0.05, 0) is 79.4 Å². The van der Waals surface area contributed by atoms with Crippen molar-refractivity contribution < 1.29 is 9.90 Å². The summed E-state index contributed by atoms with van der Waals surface area (Å²) in [5.74, 6) is 0.609. The number of aliphatic hydroxyl groups is 1. The molecule has 0 bridgehead atoms. The van der Waals surface area contributed by atoms with Crippen molar-refractivity contribution in [1.29, 1.82) is 0 Å². The van der Waals surface area contributed by atoms with E-state index in [1.807, 2.05) is 85.8 Å². The minimum atomic E-state index is -0.749. The fourth-order valence-corrected chi connectivity index (χ4v) is 5.54. The first-order valence-electron chi connectivity index (χ1n) is 13.8. The number of nitrogens with one attached hydrogen (secondary N) is 2. The number of fused-ring (bicyclic) bond motifs is 1. The lowest BCUT2D eigenvalue weighted by Gasteiger charge is -2.31. The number of carbonyl (C=O) groups is 1. The van der Waals surface area contributed by atoms with Crippen LogP contribution in [0.15, 0.2) is 101 Å². The standard InChI is InChI=1S/C33H34N6O2S/c1-21(2)27-15-14-26-30(37-27)35-20-36-31(26)38-28-19-22(9-16-29(28)42-25-12-10-24(34)11-13-25)32(41)39-33(3,17-18-40)23-7-5-4-6-8-23/h4-16,19-21,40H,17-18,34H2,1-3H3,(H,39,41)(H,35,36,37,38). The average molecular weight is 579 g/mol. The molecule has 0 aliphatic rings. The molecule has 2 heterocycles. The van der Waals surface area contributed by atoms with E-state index in [1.54, 1.807) is 17.8 Å². The lowest BCUT2D eigenvalue weighted by atomic mass is 9.88. The highest BCUT2D eigenvalue weighted by atomic mass is 32.2. The first kappa shape index (κ1) is 29.0.